The molecule has 3 heteroatoms. The number of carbonyl (C=O) groups excluding carboxylic acids is 1. The minimum absolute atomic E-state index is 0. The van der Waals surface area contributed by atoms with Gasteiger partial charge >= 0.3 is 6.09 Å². The van der Waals surface area contributed by atoms with E-state index in [0.29, 0.717) is 6.54 Å². The second kappa shape index (κ2) is 13.8. The maximum atomic E-state index is 11.3. The minimum Gasteiger partial charge on any atom is -0.444 e. The second-order valence-corrected chi connectivity index (χ2v) is 5.05. The van der Waals surface area contributed by atoms with Crippen molar-refractivity contribution in [3.05, 3.63) is 93.6 Å². The summed E-state index contributed by atoms with van der Waals surface area (Å²) in [7, 11) is 0. The quantitative estimate of drug-likeness (QED) is 0.419. The molecule has 0 unspecified atom stereocenters. The van der Waals surface area contributed by atoms with Gasteiger partial charge in [-0.1, -0.05) is 23.6 Å². The van der Waals surface area contributed by atoms with Crippen molar-refractivity contribution in [3.63, 3.8) is 0 Å². The van der Waals surface area contributed by atoms with E-state index in [1.165, 1.54) is 0 Å². The van der Waals surface area contributed by atoms with Crippen molar-refractivity contribution in [2.75, 3.05) is 6.54 Å². The standard InChI is InChI=1S/C22H17NO2.14H2/c1-5-6-7-8-9-10-11-12-13-14-15-16-17-18-19-20-23-21(24)25-22(2,3)4;;;;;;;;;;;;;;/h17-19H,1,20H2,2-4H3,(H,23,24);14*1H/b19-18-;;;;;;;;;;;;;;. The monoisotopic (exact) mass is 355 g/mol. The first-order valence-corrected chi connectivity index (χ1v) is 7.18. The number of allylic oxidation sites excluding steroid dienone is 2. The van der Waals surface area contributed by atoms with Crippen molar-refractivity contribution in [2.45, 2.75) is 26.4 Å². The molecule has 0 aliphatic heterocycles. The van der Waals surface area contributed by atoms with E-state index in [9.17, 15) is 4.79 Å². The van der Waals surface area contributed by atoms with Crippen LogP contribution in [0.5, 0.6) is 0 Å². The van der Waals surface area contributed by atoms with Gasteiger partial charge in [0.05, 0.1) is 0 Å². The van der Waals surface area contributed by atoms with Gasteiger partial charge in [-0.2, -0.15) is 0 Å². The van der Waals surface area contributed by atoms with Gasteiger partial charge in [-0.15, -0.1) is 0 Å². The molecule has 0 radical (unpaired) electrons. The maximum Gasteiger partial charge on any atom is 0.407 e. The van der Waals surface area contributed by atoms with E-state index in [1.807, 2.05) is 0 Å². The zero-order chi connectivity index (χ0) is 18.8. The molecule has 0 aromatic rings. The van der Waals surface area contributed by atoms with Crippen LogP contribution in [0, 0.1) is 0 Å². The van der Waals surface area contributed by atoms with Gasteiger partial charge in [0.2, 0.25) is 0 Å². The Hall–Kier alpha value is -3.89. The smallest absolute Gasteiger partial charge is 0.407 e. The lowest BCUT2D eigenvalue weighted by Crippen LogP contribution is -2.32. The molecule has 0 atom stereocenters. The highest BCUT2D eigenvalue weighted by Crippen LogP contribution is 2.05. The van der Waals surface area contributed by atoms with Crippen LogP contribution in [0.2, 0.25) is 0 Å². The van der Waals surface area contributed by atoms with Crippen LogP contribution >= 0.6 is 0 Å². The average Bonchev–Trinajstić information content (AvgIpc) is 2.53. The van der Waals surface area contributed by atoms with Crippen LogP contribution < -0.4 is 5.32 Å². The molecule has 0 aromatic heterocycles. The molecule has 0 aliphatic carbocycles. The number of carbonyl (C=O) groups is 1. The fourth-order valence-electron chi connectivity index (χ4n) is 1.01. The van der Waals surface area contributed by atoms with Crippen LogP contribution in [-0.4, -0.2) is 18.2 Å². The maximum absolute atomic E-state index is 11.3. The summed E-state index contributed by atoms with van der Waals surface area (Å²) in [5.74, 6) is 0. The average molecular weight is 356 g/mol. The molecule has 0 fully saturated rings. The lowest BCUT2D eigenvalue weighted by Gasteiger charge is -2.19. The lowest BCUT2D eigenvalue weighted by atomic mass is 10.2. The summed E-state index contributed by atoms with van der Waals surface area (Å²) in [6.45, 7) is 9.07. The predicted octanol–water partition coefficient (Wildman–Crippen LogP) is 7.56. The first-order valence-electron chi connectivity index (χ1n) is 7.18. The number of ether oxygens (including phenoxy) is 1. The van der Waals surface area contributed by atoms with Gasteiger partial charge in [-0.25, -0.2) is 4.79 Å². The van der Waals surface area contributed by atoms with E-state index >= 15 is 0 Å². The van der Waals surface area contributed by atoms with E-state index < -0.39 is 11.7 Å². The zero-order valence-corrected chi connectivity index (χ0v) is 14.5. The molecule has 0 saturated carbocycles. The Labute approximate surface area is 168 Å². The second-order valence-electron chi connectivity index (χ2n) is 5.05. The van der Waals surface area contributed by atoms with E-state index in [4.69, 9.17) is 4.74 Å². The van der Waals surface area contributed by atoms with Crippen LogP contribution in [0.15, 0.2) is 93.6 Å². The Balaban J connectivity index is -0.0000000316. The fraction of sp³-hybridized carbons (Fsp3) is 0.227. The largest absolute Gasteiger partial charge is 0.444 e. The third-order valence-electron chi connectivity index (χ3n) is 1.80. The zero-order valence-electron chi connectivity index (χ0n) is 14.5. The van der Waals surface area contributed by atoms with Crippen LogP contribution in [0.25, 0.3) is 0 Å². The number of alkyl carbamates (subject to hydrolysis) is 1. The molecule has 0 heterocycles. The molecular weight excluding hydrogens is 310 g/mol. The molecule has 0 saturated heterocycles. The molecule has 0 aromatic carbocycles. The summed E-state index contributed by atoms with van der Waals surface area (Å²) < 4.78 is 5.08. The SMILES string of the molecule is C=C=C=C=C=C=C=C=C=C=C=C=C=C/C=C\CNC(=O)OC(C)(C)C.[HH].[HH].[HH].[HH].[HH].[HH].[HH].[HH].[HH].[HH].[HH].[HH].[HH].[HH]. The Morgan fingerprint density at radius 1 is 1.00 bits per heavy atom. The summed E-state index contributed by atoms with van der Waals surface area (Å²) in [6.07, 6.45) is 4.59. The first-order chi connectivity index (χ1) is 12.0. The fourth-order valence-corrected chi connectivity index (χ4v) is 1.01. The van der Waals surface area contributed by atoms with Gasteiger partial charge in [-0.3, -0.25) is 0 Å². The minimum atomic E-state index is -0.507. The molecule has 0 aliphatic rings. The van der Waals surface area contributed by atoms with Gasteiger partial charge in [-0.05, 0) is 90.7 Å². The van der Waals surface area contributed by atoms with Crippen molar-refractivity contribution in [3.8, 4) is 0 Å². The normalized spacial score (nSPS) is 7.80. The van der Waals surface area contributed by atoms with Crippen LogP contribution in [-0.2, 0) is 4.74 Å². The number of amides is 1. The number of hydrogen-bond acceptors (Lipinski definition) is 2. The van der Waals surface area contributed by atoms with Gasteiger partial charge in [0.1, 0.15) is 5.60 Å². The molecule has 150 valence electrons. The highest BCUT2D eigenvalue weighted by atomic mass is 16.6. The molecule has 1 amide bonds. The third kappa shape index (κ3) is 18.1. The molecule has 0 rings (SSSR count). The van der Waals surface area contributed by atoms with Crippen LogP contribution in [0.3, 0.4) is 0 Å². The molecular formula is C22H45NO2. The lowest BCUT2D eigenvalue weighted by molar-refractivity contribution is 0.0534. The number of hydrogen-bond donors (Lipinski definition) is 1. The number of rotatable bonds is 3. The van der Waals surface area contributed by atoms with Crippen molar-refractivity contribution in [1.29, 1.82) is 0 Å². The van der Waals surface area contributed by atoms with Gasteiger partial charge in [0, 0.05) is 26.5 Å². The van der Waals surface area contributed by atoms with E-state index in [0.717, 1.165) is 0 Å². The van der Waals surface area contributed by atoms with Crippen LogP contribution in [0.1, 0.15) is 40.7 Å². The summed E-state index contributed by atoms with van der Waals surface area (Å²) in [6, 6.07) is 0. The molecule has 0 bridgehead atoms. The van der Waals surface area contributed by atoms with E-state index in [-0.39, 0.29) is 20.0 Å². The summed E-state index contributed by atoms with van der Waals surface area (Å²) >= 11 is 0. The Morgan fingerprint density at radius 2 is 1.52 bits per heavy atom. The van der Waals surface area contributed by atoms with Crippen molar-refractivity contribution in [1.82, 2.24) is 5.32 Å². The van der Waals surface area contributed by atoms with Crippen molar-refractivity contribution >= 4 is 6.09 Å². The predicted molar refractivity (Wildman–Crippen MR) is 125 cm³/mol. The first kappa shape index (κ1) is 21.1. The molecule has 3 nitrogen and oxygen atoms in total. The van der Waals surface area contributed by atoms with Gasteiger partial charge < -0.3 is 10.1 Å². The Bertz CT molecular complexity index is 995. The third-order valence-corrected chi connectivity index (χ3v) is 1.80. The van der Waals surface area contributed by atoms with Crippen LogP contribution in [0.4, 0.5) is 4.79 Å². The highest BCUT2D eigenvalue weighted by molar-refractivity contribution is 5.67. The number of nitrogens with one attached hydrogen (secondary N) is 1. The van der Waals surface area contributed by atoms with Crippen molar-refractivity contribution in [2.24, 2.45) is 0 Å². The Kier molecular flexibility index (Phi) is 11.6. The summed E-state index contributed by atoms with van der Waals surface area (Å²) in [4.78, 5) is 11.3. The molecule has 1 N–H and O–H groups in total. The van der Waals surface area contributed by atoms with E-state index in [1.54, 1.807) is 39.0 Å². The highest BCUT2D eigenvalue weighted by Gasteiger charge is 2.14. The van der Waals surface area contributed by atoms with Gasteiger partial charge in [0.25, 0.3) is 0 Å². The van der Waals surface area contributed by atoms with Gasteiger partial charge in [0.15, 0.2) is 0 Å². The van der Waals surface area contributed by atoms with E-state index in [2.05, 4.69) is 80.7 Å². The topological polar surface area (TPSA) is 38.3 Å². The van der Waals surface area contributed by atoms with Crippen molar-refractivity contribution < 1.29 is 29.5 Å². The summed E-state index contributed by atoms with van der Waals surface area (Å²) in [5, 5.41) is 2.59. The molecule has 25 heavy (non-hydrogen) atoms. The summed E-state index contributed by atoms with van der Waals surface area (Å²) in [5.41, 5.74) is 29.7. The Morgan fingerprint density at radius 3 is 2.04 bits per heavy atom. The molecule has 0 spiro atoms.